The van der Waals surface area contributed by atoms with Crippen LogP contribution in [0.1, 0.15) is 101 Å². The summed E-state index contributed by atoms with van der Waals surface area (Å²) in [5, 5.41) is 0. The monoisotopic (exact) mass is 294 g/mol. The number of rotatable bonds is 1. The van der Waals surface area contributed by atoms with Gasteiger partial charge in [-0.3, -0.25) is 0 Å². The predicted molar refractivity (Wildman–Crippen MR) is 101 cm³/mol. The van der Waals surface area contributed by atoms with Gasteiger partial charge in [-0.15, -0.1) is 0 Å². The van der Waals surface area contributed by atoms with Gasteiger partial charge in [0.05, 0.1) is 0 Å². The lowest BCUT2D eigenvalue weighted by molar-refractivity contribution is 0.200. The topological polar surface area (TPSA) is 0 Å². The van der Waals surface area contributed by atoms with Crippen LogP contribution < -0.4 is 0 Å². The molecule has 21 heavy (non-hydrogen) atoms. The average Bonchev–Trinajstić information content (AvgIpc) is 2.44. The zero-order chi connectivity index (χ0) is 17.1. The molecule has 0 heteroatoms. The third-order valence-electron chi connectivity index (χ3n) is 4.05. The molecule has 0 amide bonds. The van der Waals surface area contributed by atoms with E-state index in [1.165, 1.54) is 25.7 Å². The summed E-state index contributed by atoms with van der Waals surface area (Å²) in [6.07, 6.45) is 11.2. The molecule has 0 nitrogen and oxygen atoms in total. The van der Waals surface area contributed by atoms with E-state index in [4.69, 9.17) is 0 Å². The lowest BCUT2D eigenvalue weighted by Crippen LogP contribution is -2.28. The second-order valence-electron chi connectivity index (χ2n) is 6.92. The first-order chi connectivity index (χ1) is 9.82. The minimum absolute atomic E-state index is 0.321. The van der Waals surface area contributed by atoms with Gasteiger partial charge in [-0.1, -0.05) is 74.5 Å². The molecule has 0 aliphatic heterocycles. The van der Waals surface area contributed by atoms with Crippen molar-refractivity contribution in [3.05, 3.63) is 23.3 Å². The molecule has 0 saturated heterocycles. The Morgan fingerprint density at radius 1 is 1.00 bits per heavy atom. The van der Waals surface area contributed by atoms with Crippen molar-refractivity contribution in [3.8, 4) is 0 Å². The molecule has 126 valence electrons. The lowest BCUT2D eigenvalue weighted by atomic mass is 9.65. The quantitative estimate of drug-likeness (QED) is 0.460. The summed E-state index contributed by atoms with van der Waals surface area (Å²) in [6, 6.07) is 0. The molecule has 0 unspecified atom stereocenters. The molecule has 0 atom stereocenters. The van der Waals surface area contributed by atoms with Gasteiger partial charge in [-0.2, -0.15) is 0 Å². The molecule has 1 aliphatic carbocycles. The maximum atomic E-state index is 2.46. The molecule has 1 fully saturated rings. The fourth-order valence-electron chi connectivity index (χ4n) is 3.62. The molecule has 0 aromatic heterocycles. The van der Waals surface area contributed by atoms with Crippen molar-refractivity contribution in [1.29, 1.82) is 0 Å². The van der Waals surface area contributed by atoms with Crippen LogP contribution >= 0.6 is 0 Å². The second-order valence-corrected chi connectivity index (χ2v) is 6.92. The maximum absolute atomic E-state index is 2.46. The lowest BCUT2D eigenvalue weighted by Gasteiger charge is -2.40. The fourth-order valence-corrected chi connectivity index (χ4v) is 3.62. The van der Waals surface area contributed by atoms with E-state index in [9.17, 15) is 0 Å². The Labute approximate surface area is 136 Å². The van der Waals surface area contributed by atoms with E-state index in [1.807, 2.05) is 27.7 Å². The Balaban J connectivity index is 0. The van der Waals surface area contributed by atoms with Crippen molar-refractivity contribution in [2.75, 3.05) is 0 Å². The largest absolute Gasteiger partial charge is 0.0842 e. The van der Waals surface area contributed by atoms with Crippen molar-refractivity contribution in [2.24, 2.45) is 10.8 Å². The molecule has 0 N–H and O–H groups in total. The fraction of sp³-hybridized carbons (Fsp3) is 0.810. The first-order valence-electron chi connectivity index (χ1n) is 9.18. The van der Waals surface area contributed by atoms with Crippen LogP contribution in [0.5, 0.6) is 0 Å². The summed E-state index contributed by atoms with van der Waals surface area (Å²) in [7, 11) is 0. The van der Waals surface area contributed by atoms with Crippen LogP contribution in [0.2, 0.25) is 0 Å². The minimum atomic E-state index is 0.321. The molecule has 1 saturated carbocycles. The van der Waals surface area contributed by atoms with Crippen LogP contribution in [0.4, 0.5) is 0 Å². The Morgan fingerprint density at radius 3 is 1.95 bits per heavy atom. The highest BCUT2D eigenvalue weighted by atomic mass is 14.4. The molecular formula is C21H42. The van der Waals surface area contributed by atoms with Gasteiger partial charge in [0, 0.05) is 0 Å². The molecule has 0 spiro atoms. The number of allylic oxidation sites excluding steroid dienone is 4. The van der Waals surface area contributed by atoms with E-state index in [1.54, 1.807) is 11.1 Å². The average molecular weight is 295 g/mol. The van der Waals surface area contributed by atoms with Gasteiger partial charge < -0.3 is 0 Å². The van der Waals surface area contributed by atoms with Gasteiger partial charge in [-0.05, 0) is 61.0 Å². The summed E-state index contributed by atoms with van der Waals surface area (Å²) in [5.74, 6) is 0. The van der Waals surface area contributed by atoms with Crippen molar-refractivity contribution in [3.63, 3.8) is 0 Å². The zero-order valence-electron chi connectivity index (χ0n) is 16.7. The highest BCUT2D eigenvalue weighted by Gasteiger charge is 2.34. The first-order valence-corrected chi connectivity index (χ1v) is 9.18. The molecule has 0 aromatic carbocycles. The third kappa shape index (κ3) is 7.88. The van der Waals surface area contributed by atoms with Gasteiger partial charge in [0.25, 0.3) is 0 Å². The normalized spacial score (nSPS) is 24.1. The number of hydrogen-bond donors (Lipinski definition) is 0. The molecule has 0 radical (unpaired) electrons. The van der Waals surface area contributed by atoms with Gasteiger partial charge >= 0.3 is 0 Å². The van der Waals surface area contributed by atoms with Crippen molar-refractivity contribution >= 4 is 0 Å². The van der Waals surface area contributed by atoms with Crippen LogP contribution in [-0.2, 0) is 0 Å². The van der Waals surface area contributed by atoms with Crippen molar-refractivity contribution in [1.82, 2.24) is 0 Å². The minimum Gasteiger partial charge on any atom is -0.0842 e. The summed E-state index contributed by atoms with van der Waals surface area (Å²) >= 11 is 0. The molecule has 0 heterocycles. The van der Waals surface area contributed by atoms with E-state index >= 15 is 0 Å². The van der Waals surface area contributed by atoms with E-state index in [0.29, 0.717) is 10.8 Å². The molecule has 1 rings (SSSR count). The Morgan fingerprint density at radius 2 is 1.52 bits per heavy atom. The maximum Gasteiger partial charge on any atom is -0.00990 e. The van der Waals surface area contributed by atoms with Gasteiger partial charge in [0.1, 0.15) is 0 Å². The van der Waals surface area contributed by atoms with Gasteiger partial charge in [0.15, 0.2) is 0 Å². The predicted octanol–water partition coefficient (Wildman–Crippen LogP) is 7.95. The van der Waals surface area contributed by atoms with Gasteiger partial charge in [-0.25, -0.2) is 0 Å². The molecule has 0 bridgehead atoms. The van der Waals surface area contributed by atoms with E-state index < -0.39 is 0 Å². The zero-order valence-corrected chi connectivity index (χ0v) is 16.7. The highest BCUT2D eigenvalue weighted by Crippen LogP contribution is 2.47. The Kier molecular flexibility index (Phi) is 12.0. The van der Waals surface area contributed by atoms with Crippen molar-refractivity contribution in [2.45, 2.75) is 101 Å². The standard InChI is InChI=1S/C17H30.2C2H6/c1-7-10-15-14(8-2)11-9-12-16(3,4)13-17(15,5)6;2*1-2/h8,10H,7,9,11-13H2,1-6H3;2*1-2H3/b14-8-,15-10+;;. The van der Waals surface area contributed by atoms with Crippen LogP contribution in [0, 0.1) is 10.8 Å². The van der Waals surface area contributed by atoms with E-state index in [0.717, 1.165) is 6.42 Å². The van der Waals surface area contributed by atoms with Crippen LogP contribution in [0.25, 0.3) is 0 Å². The highest BCUT2D eigenvalue weighted by molar-refractivity contribution is 5.36. The van der Waals surface area contributed by atoms with Crippen LogP contribution in [0.15, 0.2) is 23.3 Å². The Hall–Kier alpha value is -0.520. The summed E-state index contributed by atoms with van der Waals surface area (Å²) in [5.41, 5.74) is 4.00. The van der Waals surface area contributed by atoms with Crippen LogP contribution in [0.3, 0.4) is 0 Å². The van der Waals surface area contributed by atoms with Crippen molar-refractivity contribution < 1.29 is 0 Å². The van der Waals surface area contributed by atoms with Gasteiger partial charge in [0.2, 0.25) is 0 Å². The summed E-state index contributed by atoms with van der Waals surface area (Å²) < 4.78 is 0. The number of hydrogen-bond acceptors (Lipinski definition) is 0. The van der Waals surface area contributed by atoms with E-state index in [-0.39, 0.29) is 0 Å². The van der Waals surface area contributed by atoms with Crippen LogP contribution in [-0.4, -0.2) is 0 Å². The van der Waals surface area contributed by atoms with E-state index in [2.05, 4.69) is 53.7 Å². The summed E-state index contributed by atoms with van der Waals surface area (Å²) in [6.45, 7) is 22.1. The Bertz CT molecular complexity index is 313. The first kappa shape index (κ1) is 22.8. The third-order valence-corrected chi connectivity index (χ3v) is 4.05. The second kappa shape index (κ2) is 11.1. The molecule has 0 aromatic rings. The SMILES string of the molecule is C/C=C1/CCCC(C)(C)CC(C)(C)/C1=C/CC.CC.CC. The summed E-state index contributed by atoms with van der Waals surface area (Å²) in [4.78, 5) is 0. The molecule has 1 aliphatic rings. The smallest absolute Gasteiger partial charge is 0.00990 e. The molecular weight excluding hydrogens is 252 g/mol.